The van der Waals surface area contributed by atoms with E-state index in [0.717, 1.165) is 50.0 Å². The van der Waals surface area contributed by atoms with Crippen molar-refractivity contribution in [1.82, 2.24) is 14.9 Å². The molecule has 0 spiro atoms. The Bertz CT molecular complexity index is 716. The molecule has 0 bridgehead atoms. The van der Waals surface area contributed by atoms with Crippen molar-refractivity contribution in [3.05, 3.63) is 59.7 Å². The number of hydrogen-bond donors (Lipinski definition) is 0. The van der Waals surface area contributed by atoms with E-state index in [1.54, 1.807) is 0 Å². The van der Waals surface area contributed by atoms with Gasteiger partial charge in [0.05, 0.1) is 11.7 Å². The van der Waals surface area contributed by atoms with E-state index in [4.69, 9.17) is 4.98 Å². The summed E-state index contributed by atoms with van der Waals surface area (Å²) in [6, 6.07) is 10.2. The lowest BCUT2D eigenvalue weighted by Gasteiger charge is -2.40. The average molecular weight is 321 g/mol. The maximum atomic E-state index is 12.6. The molecule has 1 aliphatic carbocycles. The van der Waals surface area contributed by atoms with Crippen LogP contribution in [0.1, 0.15) is 61.0 Å². The summed E-state index contributed by atoms with van der Waals surface area (Å²) in [5, 5.41) is 0. The molecule has 124 valence electrons. The molecule has 3 heterocycles. The van der Waals surface area contributed by atoms with Gasteiger partial charge in [-0.3, -0.25) is 14.8 Å². The van der Waals surface area contributed by atoms with E-state index in [-0.39, 0.29) is 17.9 Å². The van der Waals surface area contributed by atoms with Crippen molar-refractivity contribution in [2.24, 2.45) is 0 Å². The number of carbonyl (C=O) groups is 1. The number of rotatable bonds is 3. The van der Waals surface area contributed by atoms with E-state index < -0.39 is 0 Å². The van der Waals surface area contributed by atoms with Crippen LogP contribution in [0, 0.1) is 0 Å². The van der Waals surface area contributed by atoms with Crippen molar-refractivity contribution in [3.8, 4) is 0 Å². The lowest BCUT2D eigenvalue weighted by molar-refractivity contribution is -0.136. The van der Waals surface area contributed by atoms with Gasteiger partial charge in [0.15, 0.2) is 0 Å². The zero-order chi connectivity index (χ0) is 16.4. The Hall–Kier alpha value is -2.23. The molecule has 2 aromatic heterocycles. The SMILES string of the molecule is O=C1CCCCN1C(c1ccccn1)C1CCCc2cccnc21. The van der Waals surface area contributed by atoms with Gasteiger partial charge < -0.3 is 4.90 Å². The predicted octanol–water partition coefficient (Wildman–Crippen LogP) is 3.65. The summed E-state index contributed by atoms with van der Waals surface area (Å²) in [4.78, 5) is 24.0. The molecule has 1 aliphatic heterocycles. The third-order valence-corrected chi connectivity index (χ3v) is 5.31. The topological polar surface area (TPSA) is 46.1 Å². The molecule has 1 saturated heterocycles. The lowest BCUT2D eigenvalue weighted by atomic mass is 9.79. The van der Waals surface area contributed by atoms with Crippen LogP contribution in [-0.4, -0.2) is 27.3 Å². The summed E-state index contributed by atoms with van der Waals surface area (Å²) in [5.74, 6) is 0.506. The zero-order valence-electron chi connectivity index (χ0n) is 13.9. The average Bonchev–Trinajstić information content (AvgIpc) is 2.65. The highest BCUT2D eigenvalue weighted by Crippen LogP contribution is 2.42. The fourth-order valence-electron chi connectivity index (χ4n) is 4.21. The molecule has 4 rings (SSSR count). The fourth-order valence-corrected chi connectivity index (χ4v) is 4.21. The van der Waals surface area contributed by atoms with E-state index in [1.807, 2.05) is 30.6 Å². The van der Waals surface area contributed by atoms with Gasteiger partial charge in [-0.2, -0.15) is 0 Å². The molecule has 2 atom stereocenters. The molecular formula is C20H23N3O. The summed E-state index contributed by atoms with van der Waals surface area (Å²) >= 11 is 0. The second kappa shape index (κ2) is 6.71. The van der Waals surface area contributed by atoms with Crippen LogP contribution in [0.2, 0.25) is 0 Å². The van der Waals surface area contributed by atoms with Gasteiger partial charge in [-0.1, -0.05) is 12.1 Å². The number of aryl methyl sites for hydroxylation is 1. The monoisotopic (exact) mass is 321 g/mol. The maximum absolute atomic E-state index is 12.6. The molecule has 4 heteroatoms. The van der Waals surface area contributed by atoms with Crippen molar-refractivity contribution >= 4 is 5.91 Å². The minimum absolute atomic E-state index is 0.00736. The van der Waals surface area contributed by atoms with Gasteiger partial charge in [0.25, 0.3) is 0 Å². The fraction of sp³-hybridized carbons (Fsp3) is 0.450. The van der Waals surface area contributed by atoms with Gasteiger partial charge >= 0.3 is 0 Å². The third-order valence-electron chi connectivity index (χ3n) is 5.31. The highest BCUT2D eigenvalue weighted by molar-refractivity contribution is 5.77. The first-order valence-corrected chi connectivity index (χ1v) is 8.99. The summed E-state index contributed by atoms with van der Waals surface area (Å²) in [7, 11) is 0. The highest BCUT2D eigenvalue weighted by atomic mass is 16.2. The van der Waals surface area contributed by atoms with Crippen molar-refractivity contribution < 1.29 is 4.79 Å². The normalized spacial score (nSPS) is 22.1. The first kappa shape index (κ1) is 15.3. The second-order valence-corrected chi connectivity index (χ2v) is 6.79. The minimum atomic E-state index is 0.00736. The number of likely N-dealkylation sites (tertiary alicyclic amines) is 1. The number of fused-ring (bicyclic) bond motifs is 1. The van der Waals surface area contributed by atoms with Gasteiger partial charge in [0.1, 0.15) is 0 Å². The van der Waals surface area contributed by atoms with Crippen LogP contribution in [0.5, 0.6) is 0 Å². The summed E-state index contributed by atoms with van der Waals surface area (Å²) in [6.07, 6.45) is 9.75. The number of hydrogen-bond acceptors (Lipinski definition) is 3. The second-order valence-electron chi connectivity index (χ2n) is 6.79. The van der Waals surface area contributed by atoms with E-state index in [9.17, 15) is 4.79 Å². The molecule has 2 aromatic rings. The van der Waals surface area contributed by atoms with Crippen LogP contribution in [0.3, 0.4) is 0 Å². The Morgan fingerprint density at radius 1 is 1.00 bits per heavy atom. The number of carbonyl (C=O) groups excluding carboxylic acids is 1. The molecule has 0 saturated carbocycles. The van der Waals surface area contributed by atoms with Crippen LogP contribution in [0.15, 0.2) is 42.7 Å². The largest absolute Gasteiger partial charge is 0.333 e. The van der Waals surface area contributed by atoms with Gasteiger partial charge in [-0.05, 0) is 55.9 Å². The van der Waals surface area contributed by atoms with E-state index >= 15 is 0 Å². The molecule has 0 radical (unpaired) electrons. The van der Waals surface area contributed by atoms with Crippen LogP contribution in [0.4, 0.5) is 0 Å². The van der Waals surface area contributed by atoms with Crippen molar-refractivity contribution in [2.45, 2.75) is 50.5 Å². The molecular weight excluding hydrogens is 298 g/mol. The quantitative estimate of drug-likeness (QED) is 0.867. The number of amides is 1. The third kappa shape index (κ3) is 2.81. The number of aromatic nitrogens is 2. The van der Waals surface area contributed by atoms with Crippen molar-refractivity contribution in [1.29, 1.82) is 0 Å². The van der Waals surface area contributed by atoms with Crippen LogP contribution >= 0.6 is 0 Å². The molecule has 2 aliphatic rings. The Morgan fingerprint density at radius 3 is 2.75 bits per heavy atom. The zero-order valence-corrected chi connectivity index (χ0v) is 13.9. The predicted molar refractivity (Wildman–Crippen MR) is 92.5 cm³/mol. The van der Waals surface area contributed by atoms with Gasteiger partial charge in [-0.15, -0.1) is 0 Å². The van der Waals surface area contributed by atoms with Crippen LogP contribution < -0.4 is 0 Å². The molecule has 2 unspecified atom stereocenters. The molecule has 1 fully saturated rings. The summed E-state index contributed by atoms with van der Waals surface area (Å²) in [5.41, 5.74) is 3.49. The number of piperidine rings is 1. The Kier molecular flexibility index (Phi) is 4.28. The van der Waals surface area contributed by atoms with Crippen LogP contribution in [0.25, 0.3) is 0 Å². The van der Waals surface area contributed by atoms with Gasteiger partial charge in [-0.25, -0.2) is 0 Å². The Labute approximate surface area is 142 Å². The number of pyridine rings is 2. The minimum Gasteiger partial charge on any atom is -0.333 e. The highest BCUT2D eigenvalue weighted by Gasteiger charge is 2.37. The summed E-state index contributed by atoms with van der Waals surface area (Å²) < 4.78 is 0. The van der Waals surface area contributed by atoms with Gasteiger partial charge in [0.2, 0.25) is 5.91 Å². The van der Waals surface area contributed by atoms with E-state index in [0.29, 0.717) is 6.42 Å². The molecule has 0 N–H and O–H groups in total. The maximum Gasteiger partial charge on any atom is 0.223 e. The van der Waals surface area contributed by atoms with Crippen molar-refractivity contribution in [3.63, 3.8) is 0 Å². The molecule has 0 aromatic carbocycles. The Morgan fingerprint density at radius 2 is 1.92 bits per heavy atom. The van der Waals surface area contributed by atoms with E-state index in [2.05, 4.69) is 22.0 Å². The van der Waals surface area contributed by atoms with Crippen molar-refractivity contribution in [2.75, 3.05) is 6.54 Å². The first-order chi connectivity index (χ1) is 11.8. The molecule has 24 heavy (non-hydrogen) atoms. The number of nitrogens with zero attached hydrogens (tertiary/aromatic N) is 3. The lowest BCUT2D eigenvalue weighted by Crippen LogP contribution is -2.42. The van der Waals surface area contributed by atoms with Gasteiger partial charge in [0, 0.05) is 37.0 Å². The van der Waals surface area contributed by atoms with E-state index in [1.165, 1.54) is 5.56 Å². The first-order valence-electron chi connectivity index (χ1n) is 8.99. The molecule has 4 nitrogen and oxygen atoms in total. The standard InChI is InChI=1S/C20H23N3O/c24-18-11-2-4-14-23(18)20(17-10-1-3-12-21-17)16-9-5-7-15-8-6-13-22-19(15)16/h1,3,6,8,10,12-13,16,20H,2,4-5,7,9,11,14H2. The van der Waals surface area contributed by atoms with Crippen LogP contribution in [-0.2, 0) is 11.2 Å². The smallest absolute Gasteiger partial charge is 0.223 e. The Balaban J connectivity index is 1.78. The molecule has 1 amide bonds. The summed E-state index contributed by atoms with van der Waals surface area (Å²) in [6.45, 7) is 0.832.